The topological polar surface area (TPSA) is 51.0 Å². The zero-order valence-corrected chi connectivity index (χ0v) is 15.1. The number of thiazole rings is 1. The van der Waals surface area contributed by atoms with Crippen molar-refractivity contribution in [2.24, 2.45) is 7.05 Å². The van der Waals surface area contributed by atoms with Gasteiger partial charge in [-0.15, -0.1) is 11.3 Å². The fraction of sp³-hybridized carbons (Fsp3) is 0.588. The third kappa shape index (κ3) is 3.47. The SMILES string of the molecule is Cc1cn(C)c([C@@H]2CCCN(C(=O)Cc3sc(C)nc3C)C2)n1. The van der Waals surface area contributed by atoms with Crippen LogP contribution in [-0.2, 0) is 18.3 Å². The van der Waals surface area contributed by atoms with Gasteiger partial charge in [0.2, 0.25) is 5.91 Å². The summed E-state index contributed by atoms with van der Waals surface area (Å²) in [4.78, 5) is 24.8. The molecule has 0 spiro atoms. The first-order valence-electron chi connectivity index (χ1n) is 8.14. The van der Waals surface area contributed by atoms with Gasteiger partial charge in [0.25, 0.3) is 0 Å². The summed E-state index contributed by atoms with van der Waals surface area (Å²) in [5, 5.41) is 1.03. The number of carbonyl (C=O) groups excluding carboxylic acids is 1. The van der Waals surface area contributed by atoms with Crippen molar-refractivity contribution in [1.82, 2.24) is 19.4 Å². The lowest BCUT2D eigenvalue weighted by molar-refractivity contribution is -0.131. The molecule has 0 radical (unpaired) electrons. The lowest BCUT2D eigenvalue weighted by Crippen LogP contribution is -2.40. The van der Waals surface area contributed by atoms with Crippen LogP contribution in [0.4, 0.5) is 0 Å². The minimum Gasteiger partial charge on any atom is -0.342 e. The monoisotopic (exact) mass is 332 g/mol. The Hall–Kier alpha value is -1.69. The molecular formula is C17H24N4OS. The van der Waals surface area contributed by atoms with E-state index in [1.54, 1.807) is 11.3 Å². The molecular weight excluding hydrogens is 308 g/mol. The van der Waals surface area contributed by atoms with Gasteiger partial charge in [0.05, 0.1) is 22.8 Å². The second-order valence-electron chi connectivity index (χ2n) is 6.45. The van der Waals surface area contributed by atoms with Crippen LogP contribution in [0.25, 0.3) is 0 Å². The lowest BCUT2D eigenvalue weighted by atomic mass is 9.97. The molecule has 1 aliphatic heterocycles. The molecule has 23 heavy (non-hydrogen) atoms. The fourth-order valence-corrected chi connectivity index (χ4v) is 4.34. The molecule has 124 valence electrons. The molecule has 1 amide bonds. The van der Waals surface area contributed by atoms with Crippen LogP contribution in [0.2, 0.25) is 0 Å². The molecule has 1 atom stereocenters. The van der Waals surface area contributed by atoms with E-state index in [1.165, 1.54) is 0 Å². The number of imidazole rings is 1. The molecule has 0 saturated carbocycles. The zero-order chi connectivity index (χ0) is 16.6. The number of hydrogen-bond acceptors (Lipinski definition) is 4. The molecule has 0 bridgehead atoms. The van der Waals surface area contributed by atoms with Crippen LogP contribution in [0.5, 0.6) is 0 Å². The van der Waals surface area contributed by atoms with Gasteiger partial charge in [0.1, 0.15) is 5.82 Å². The average Bonchev–Trinajstić information content (AvgIpc) is 3.00. The van der Waals surface area contributed by atoms with E-state index in [2.05, 4.69) is 20.7 Å². The Labute approximate surface area is 141 Å². The summed E-state index contributed by atoms with van der Waals surface area (Å²) in [6.45, 7) is 7.63. The molecule has 5 nitrogen and oxygen atoms in total. The van der Waals surface area contributed by atoms with Crippen LogP contribution in [0, 0.1) is 20.8 Å². The van der Waals surface area contributed by atoms with Gasteiger partial charge < -0.3 is 9.47 Å². The highest BCUT2D eigenvalue weighted by Crippen LogP contribution is 2.27. The second kappa shape index (κ2) is 6.43. The van der Waals surface area contributed by atoms with Crippen molar-refractivity contribution in [1.29, 1.82) is 0 Å². The first-order chi connectivity index (χ1) is 10.9. The van der Waals surface area contributed by atoms with Gasteiger partial charge in [0.15, 0.2) is 0 Å². The average molecular weight is 332 g/mol. The molecule has 2 aromatic rings. The van der Waals surface area contributed by atoms with Gasteiger partial charge in [-0.2, -0.15) is 0 Å². The standard InChI is InChI=1S/C17H24N4OS/c1-11-9-20(4)17(18-11)14-6-5-7-21(10-14)16(22)8-15-12(2)19-13(3)23-15/h9,14H,5-8,10H2,1-4H3/t14-/m1/s1. The summed E-state index contributed by atoms with van der Waals surface area (Å²) in [7, 11) is 2.04. The van der Waals surface area contributed by atoms with E-state index in [9.17, 15) is 4.79 Å². The molecule has 1 saturated heterocycles. The first-order valence-corrected chi connectivity index (χ1v) is 8.96. The number of aromatic nitrogens is 3. The van der Waals surface area contributed by atoms with Crippen LogP contribution in [0.3, 0.4) is 0 Å². The van der Waals surface area contributed by atoms with Gasteiger partial charge in [-0.25, -0.2) is 9.97 Å². The molecule has 0 aromatic carbocycles. The van der Waals surface area contributed by atoms with Crippen molar-refractivity contribution in [2.75, 3.05) is 13.1 Å². The van der Waals surface area contributed by atoms with Crippen LogP contribution < -0.4 is 0 Å². The van der Waals surface area contributed by atoms with Crippen molar-refractivity contribution in [3.8, 4) is 0 Å². The number of piperidine rings is 1. The van der Waals surface area contributed by atoms with Crippen molar-refractivity contribution in [3.05, 3.63) is 33.3 Å². The summed E-state index contributed by atoms with van der Waals surface area (Å²) in [6.07, 6.45) is 4.68. The Morgan fingerprint density at radius 1 is 1.35 bits per heavy atom. The fourth-order valence-electron chi connectivity index (χ4n) is 3.42. The quantitative estimate of drug-likeness (QED) is 0.868. The maximum Gasteiger partial charge on any atom is 0.227 e. The Bertz CT molecular complexity index is 718. The van der Waals surface area contributed by atoms with Gasteiger partial charge in [-0.3, -0.25) is 4.79 Å². The summed E-state index contributed by atoms with van der Waals surface area (Å²) in [5.74, 6) is 1.66. The molecule has 1 aliphatic rings. The highest BCUT2D eigenvalue weighted by Gasteiger charge is 2.27. The summed E-state index contributed by atoms with van der Waals surface area (Å²) < 4.78 is 2.10. The summed E-state index contributed by atoms with van der Waals surface area (Å²) in [6, 6.07) is 0. The minimum atomic E-state index is 0.215. The number of likely N-dealkylation sites (tertiary alicyclic amines) is 1. The first kappa shape index (κ1) is 16.2. The van der Waals surface area contributed by atoms with Crippen molar-refractivity contribution < 1.29 is 4.79 Å². The Morgan fingerprint density at radius 2 is 2.13 bits per heavy atom. The maximum absolute atomic E-state index is 12.7. The minimum absolute atomic E-state index is 0.215. The number of rotatable bonds is 3. The predicted octanol–water partition coefficient (Wildman–Crippen LogP) is 2.75. The van der Waals surface area contributed by atoms with Gasteiger partial charge in [-0.05, 0) is 33.6 Å². The van der Waals surface area contributed by atoms with E-state index in [0.717, 1.165) is 53.0 Å². The molecule has 2 aromatic heterocycles. The normalized spacial score (nSPS) is 18.4. The third-order valence-corrected chi connectivity index (χ3v) is 5.56. The maximum atomic E-state index is 12.7. The number of aryl methyl sites for hydroxylation is 4. The highest BCUT2D eigenvalue weighted by molar-refractivity contribution is 7.11. The molecule has 0 N–H and O–H groups in total. The molecule has 3 heterocycles. The van der Waals surface area contributed by atoms with E-state index in [-0.39, 0.29) is 5.91 Å². The number of nitrogens with zero attached hydrogens (tertiary/aromatic N) is 4. The molecule has 1 fully saturated rings. The molecule has 6 heteroatoms. The Kier molecular flexibility index (Phi) is 4.53. The number of hydrogen-bond donors (Lipinski definition) is 0. The smallest absolute Gasteiger partial charge is 0.227 e. The molecule has 3 rings (SSSR count). The van der Waals surface area contributed by atoms with Gasteiger partial charge in [-0.1, -0.05) is 0 Å². The predicted molar refractivity (Wildman–Crippen MR) is 91.8 cm³/mol. The van der Waals surface area contributed by atoms with Crippen LogP contribution in [-0.4, -0.2) is 38.4 Å². The lowest BCUT2D eigenvalue weighted by Gasteiger charge is -2.32. The van der Waals surface area contributed by atoms with Crippen molar-refractivity contribution in [3.63, 3.8) is 0 Å². The van der Waals surface area contributed by atoms with Gasteiger partial charge in [0, 0.05) is 37.1 Å². The second-order valence-corrected chi connectivity index (χ2v) is 7.74. The van der Waals surface area contributed by atoms with Gasteiger partial charge >= 0.3 is 0 Å². The van der Waals surface area contributed by atoms with E-state index in [4.69, 9.17) is 0 Å². The number of carbonyl (C=O) groups is 1. The largest absolute Gasteiger partial charge is 0.342 e. The Balaban J connectivity index is 1.69. The molecule has 0 unspecified atom stereocenters. The van der Waals surface area contributed by atoms with E-state index < -0.39 is 0 Å². The molecule has 0 aliphatic carbocycles. The van der Waals surface area contributed by atoms with Crippen molar-refractivity contribution in [2.45, 2.75) is 46.0 Å². The zero-order valence-electron chi connectivity index (χ0n) is 14.3. The highest BCUT2D eigenvalue weighted by atomic mass is 32.1. The third-order valence-electron chi connectivity index (χ3n) is 4.48. The Morgan fingerprint density at radius 3 is 2.74 bits per heavy atom. The van der Waals surface area contributed by atoms with E-state index >= 15 is 0 Å². The van der Waals surface area contributed by atoms with Crippen molar-refractivity contribution >= 4 is 17.2 Å². The number of amides is 1. The van der Waals surface area contributed by atoms with E-state index in [1.807, 2.05) is 32.7 Å². The van der Waals surface area contributed by atoms with E-state index in [0.29, 0.717) is 12.3 Å². The van der Waals surface area contributed by atoms with Crippen LogP contribution in [0.1, 0.15) is 45.9 Å². The summed E-state index contributed by atoms with van der Waals surface area (Å²) in [5.41, 5.74) is 2.04. The van der Waals surface area contributed by atoms with Crippen LogP contribution in [0.15, 0.2) is 6.20 Å². The van der Waals surface area contributed by atoms with Crippen LogP contribution >= 0.6 is 11.3 Å². The summed E-state index contributed by atoms with van der Waals surface area (Å²) >= 11 is 1.63.